The van der Waals surface area contributed by atoms with Crippen LogP contribution in [0.25, 0.3) is 0 Å². The van der Waals surface area contributed by atoms with Crippen molar-refractivity contribution in [1.82, 2.24) is 9.97 Å². The minimum atomic E-state index is 0.550. The van der Waals surface area contributed by atoms with Crippen molar-refractivity contribution in [3.05, 3.63) is 11.9 Å². The topological polar surface area (TPSA) is 63.8 Å². The Labute approximate surface area is 103 Å². The van der Waals surface area contributed by atoms with Crippen LogP contribution in [-0.2, 0) is 6.42 Å². The summed E-state index contributed by atoms with van der Waals surface area (Å²) in [6.07, 6.45) is 5.70. The van der Waals surface area contributed by atoms with E-state index >= 15 is 0 Å². The number of hydrogen-bond acceptors (Lipinski definition) is 4. The van der Waals surface area contributed by atoms with Crippen LogP contribution in [0.2, 0.25) is 0 Å². The highest BCUT2D eigenvalue weighted by atomic mass is 15.1. The molecule has 1 heterocycles. The molecule has 0 saturated heterocycles. The van der Waals surface area contributed by atoms with E-state index in [-0.39, 0.29) is 0 Å². The Morgan fingerprint density at radius 1 is 1.41 bits per heavy atom. The molecule has 2 atom stereocenters. The van der Waals surface area contributed by atoms with Crippen LogP contribution < -0.4 is 11.1 Å². The van der Waals surface area contributed by atoms with Gasteiger partial charge in [-0.05, 0) is 31.6 Å². The van der Waals surface area contributed by atoms with Crippen LogP contribution >= 0.6 is 0 Å². The van der Waals surface area contributed by atoms with E-state index in [0.29, 0.717) is 11.9 Å². The third-order valence-electron chi connectivity index (χ3n) is 3.31. The van der Waals surface area contributed by atoms with Crippen LogP contribution in [0.4, 0.5) is 11.6 Å². The monoisotopic (exact) mass is 234 g/mol. The molecule has 94 valence electrons. The second-order valence-corrected chi connectivity index (χ2v) is 5.10. The Morgan fingerprint density at radius 3 is 2.88 bits per heavy atom. The number of aromatic nitrogens is 2. The summed E-state index contributed by atoms with van der Waals surface area (Å²) in [5.74, 6) is 3.12. The Balaban J connectivity index is 2.04. The predicted octanol–water partition coefficient (Wildman–Crippen LogP) is 2.61. The maximum Gasteiger partial charge on any atom is 0.133 e. The zero-order chi connectivity index (χ0) is 12.3. The van der Waals surface area contributed by atoms with Crippen molar-refractivity contribution < 1.29 is 0 Å². The minimum Gasteiger partial charge on any atom is -0.384 e. The number of nitrogens with zero attached hydrogens (tertiary/aromatic N) is 2. The van der Waals surface area contributed by atoms with Crippen LogP contribution in [-0.4, -0.2) is 16.0 Å². The van der Waals surface area contributed by atoms with Crippen molar-refractivity contribution >= 4 is 11.6 Å². The van der Waals surface area contributed by atoms with Gasteiger partial charge in [-0.3, -0.25) is 0 Å². The van der Waals surface area contributed by atoms with Gasteiger partial charge >= 0.3 is 0 Å². The number of rotatable bonds is 4. The summed E-state index contributed by atoms with van der Waals surface area (Å²) in [4.78, 5) is 8.75. The third-order valence-corrected chi connectivity index (χ3v) is 3.31. The Morgan fingerprint density at radius 2 is 2.24 bits per heavy atom. The molecule has 0 aliphatic heterocycles. The summed E-state index contributed by atoms with van der Waals surface area (Å²) in [5.41, 5.74) is 5.80. The van der Waals surface area contributed by atoms with Gasteiger partial charge in [0, 0.05) is 18.5 Å². The lowest BCUT2D eigenvalue weighted by atomic mass is 10.1. The largest absolute Gasteiger partial charge is 0.384 e. The molecule has 0 spiro atoms. The Hall–Kier alpha value is -1.32. The van der Waals surface area contributed by atoms with Gasteiger partial charge in [0.1, 0.15) is 17.5 Å². The van der Waals surface area contributed by atoms with E-state index in [0.717, 1.165) is 30.4 Å². The second kappa shape index (κ2) is 5.34. The minimum absolute atomic E-state index is 0.550. The van der Waals surface area contributed by atoms with Crippen molar-refractivity contribution in [2.45, 2.75) is 52.0 Å². The van der Waals surface area contributed by atoms with Crippen LogP contribution in [0.5, 0.6) is 0 Å². The van der Waals surface area contributed by atoms with E-state index in [1.54, 1.807) is 0 Å². The van der Waals surface area contributed by atoms with Crippen molar-refractivity contribution in [1.29, 1.82) is 0 Å². The molecule has 0 radical (unpaired) electrons. The molecule has 1 saturated carbocycles. The van der Waals surface area contributed by atoms with Gasteiger partial charge in [0.2, 0.25) is 0 Å². The lowest BCUT2D eigenvalue weighted by Crippen LogP contribution is -2.17. The van der Waals surface area contributed by atoms with Gasteiger partial charge in [0.15, 0.2) is 0 Å². The molecule has 1 aliphatic carbocycles. The highest BCUT2D eigenvalue weighted by Gasteiger charge is 2.21. The summed E-state index contributed by atoms with van der Waals surface area (Å²) in [6.45, 7) is 4.43. The van der Waals surface area contributed by atoms with Gasteiger partial charge < -0.3 is 11.1 Å². The Kier molecular flexibility index (Phi) is 3.82. The fourth-order valence-corrected chi connectivity index (χ4v) is 2.47. The number of hydrogen-bond donors (Lipinski definition) is 2. The van der Waals surface area contributed by atoms with Crippen molar-refractivity contribution in [2.24, 2.45) is 5.92 Å². The molecule has 0 aromatic carbocycles. The summed E-state index contributed by atoms with van der Waals surface area (Å²) in [7, 11) is 0. The van der Waals surface area contributed by atoms with Crippen LogP contribution in [0.1, 0.15) is 45.4 Å². The Bertz CT molecular complexity index is 378. The van der Waals surface area contributed by atoms with Crippen molar-refractivity contribution in [3.8, 4) is 0 Å². The zero-order valence-corrected chi connectivity index (χ0v) is 10.7. The molecular weight excluding hydrogens is 212 g/mol. The first-order chi connectivity index (χ1) is 8.17. The summed E-state index contributed by atoms with van der Waals surface area (Å²) >= 11 is 0. The predicted molar refractivity (Wildman–Crippen MR) is 70.9 cm³/mol. The first-order valence-electron chi connectivity index (χ1n) is 6.57. The van der Waals surface area contributed by atoms with E-state index in [9.17, 15) is 0 Å². The van der Waals surface area contributed by atoms with Gasteiger partial charge in [-0.2, -0.15) is 0 Å². The van der Waals surface area contributed by atoms with Crippen LogP contribution in [0.15, 0.2) is 6.07 Å². The van der Waals surface area contributed by atoms with Gasteiger partial charge in [0.05, 0.1) is 0 Å². The number of anilines is 2. The maximum absolute atomic E-state index is 5.80. The fraction of sp³-hybridized carbons (Fsp3) is 0.692. The average molecular weight is 234 g/mol. The SMILES string of the molecule is CCCc1nc(N)cc(NC2CCC(C)C2)n1. The second-order valence-electron chi connectivity index (χ2n) is 5.10. The third kappa shape index (κ3) is 3.32. The lowest BCUT2D eigenvalue weighted by molar-refractivity contribution is 0.602. The fourth-order valence-electron chi connectivity index (χ4n) is 2.47. The normalized spacial score (nSPS) is 23.9. The van der Waals surface area contributed by atoms with E-state index in [2.05, 4.69) is 29.1 Å². The number of nitrogens with two attached hydrogens (primary N) is 1. The molecule has 1 aromatic heterocycles. The molecule has 1 fully saturated rings. The molecule has 1 aromatic rings. The molecule has 2 rings (SSSR count). The van der Waals surface area contributed by atoms with Gasteiger partial charge in [-0.25, -0.2) is 9.97 Å². The first-order valence-corrected chi connectivity index (χ1v) is 6.57. The highest BCUT2D eigenvalue weighted by molar-refractivity contribution is 5.45. The average Bonchev–Trinajstić information content (AvgIpc) is 2.63. The van der Waals surface area contributed by atoms with Gasteiger partial charge in [-0.1, -0.05) is 13.8 Å². The van der Waals surface area contributed by atoms with Crippen LogP contribution in [0.3, 0.4) is 0 Å². The number of nitrogen functional groups attached to an aromatic ring is 1. The molecular formula is C13H22N4. The molecule has 4 nitrogen and oxygen atoms in total. The molecule has 4 heteroatoms. The molecule has 3 N–H and O–H groups in total. The van der Waals surface area contributed by atoms with Crippen molar-refractivity contribution in [2.75, 3.05) is 11.1 Å². The maximum atomic E-state index is 5.80. The van der Waals surface area contributed by atoms with Crippen molar-refractivity contribution in [3.63, 3.8) is 0 Å². The quantitative estimate of drug-likeness (QED) is 0.840. The van der Waals surface area contributed by atoms with Gasteiger partial charge in [-0.15, -0.1) is 0 Å². The lowest BCUT2D eigenvalue weighted by Gasteiger charge is -2.14. The van der Waals surface area contributed by atoms with Crippen LogP contribution in [0, 0.1) is 5.92 Å². The molecule has 1 aliphatic rings. The molecule has 0 amide bonds. The van der Waals surface area contributed by atoms with E-state index in [1.807, 2.05) is 6.07 Å². The first kappa shape index (κ1) is 12.1. The highest BCUT2D eigenvalue weighted by Crippen LogP contribution is 2.27. The molecule has 0 bridgehead atoms. The molecule has 2 unspecified atom stereocenters. The number of nitrogens with one attached hydrogen (secondary N) is 1. The number of aryl methyl sites for hydroxylation is 1. The summed E-state index contributed by atoms with van der Waals surface area (Å²) < 4.78 is 0. The van der Waals surface area contributed by atoms with E-state index in [1.165, 1.54) is 19.3 Å². The van der Waals surface area contributed by atoms with Gasteiger partial charge in [0.25, 0.3) is 0 Å². The van der Waals surface area contributed by atoms with E-state index in [4.69, 9.17) is 5.73 Å². The summed E-state index contributed by atoms with van der Waals surface area (Å²) in [6, 6.07) is 2.39. The molecule has 17 heavy (non-hydrogen) atoms. The standard InChI is InChI=1S/C13H22N4/c1-3-4-12-16-11(14)8-13(17-12)15-10-6-5-9(2)7-10/h8-10H,3-7H2,1-2H3,(H3,14,15,16,17). The van der Waals surface area contributed by atoms with E-state index < -0.39 is 0 Å². The summed E-state index contributed by atoms with van der Waals surface area (Å²) in [5, 5.41) is 3.48. The zero-order valence-electron chi connectivity index (χ0n) is 10.7. The smallest absolute Gasteiger partial charge is 0.133 e.